The zero-order chi connectivity index (χ0) is 15.5. The molecule has 1 heterocycles. The zero-order valence-electron chi connectivity index (χ0n) is 10.8. The van der Waals surface area contributed by atoms with E-state index in [1.54, 1.807) is 0 Å². The summed E-state index contributed by atoms with van der Waals surface area (Å²) in [6, 6.07) is 5.80. The first-order valence-corrected chi connectivity index (χ1v) is 7.40. The Morgan fingerprint density at radius 1 is 1.10 bits per heavy atom. The maximum atomic E-state index is 13.0. The highest BCUT2D eigenvalue weighted by atomic mass is 32.2. The molecule has 0 fully saturated rings. The summed E-state index contributed by atoms with van der Waals surface area (Å²) in [6.45, 7) is -0.432. The van der Waals surface area contributed by atoms with Gasteiger partial charge in [-0.05, 0) is 29.3 Å². The van der Waals surface area contributed by atoms with Crippen molar-refractivity contribution in [3.63, 3.8) is 0 Å². The Bertz CT molecular complexity index is 734. The van der Waals surface area contributed by atoms with Crippen LogP contribution in [0.3, 0.4) is 0 Å². The van der Waals surface area contributed by atoms with Crippen LogP contribution in [0.15, 0.2) is 41.6 Å². The molecule has 5 nitrogen and oxygen atoms in total. The molecule has 8 heteroatoms. The third-order valence-corrected chi connectivity index (χ3v) is 4.02. The highest BCUT2D eigenvalue weighted by Gasteiger charge is 2.15. The van der Waals surface area contributed by atoms with E-state index in [0.717, 1.165) is 12.1 Å². The number of hydrogen-bond acceptors (Lipinski definition) is 4. The van der Waals surface area contributed by atoms with Gasteiger partial charge in [0.05, 0.1) is 6.61 Å². The molecular formula is C13H12F2N2O3S. The molecule has 1 aromatic heterocycles. The summed E-state index contributed by atoms with van der Waals surface area (Å²) in [6.07, 6.45) is 1.24. The molecular weight excluding hydrogens is 302 g/mol. The maximum Gasteiger partial charge on any atom is 0.258 e. The lowest BCUT2D eigenvalue weighted by atomic mass is 10.2. The summed E-state index contributed by atoms with van der Waals surface area (Å²) in [7, 11) is -3.87. The Morgan fingerprint density at radius 3 is 2.38 bits per heavy atom. The van der Waals surface area contributed by atoms with Crippen LogP contribution in [0.1, 0.15) is 11.1 Å². The number of aliphatic hydroxyl groups is 1. The van der Waals surface area contributed by atoms with Crippen LogP contribution < -0.4 is 4.72 Å². The van der Waals surface area contributed by atoms with Crippen molar-refractivity contribution in [2.24, 2.45) is 0 Å². The first-order valence-electron chi connectivity index (χ1n) is 5.92. The van der Waals surface area contributed by atoms with Crippen molar-refractivity contribution in [2.75, 3.05) is 0 Å². The van der Waals surface area contributed by atoms with Crippen LogP contribution in [-0.4, -0.2) is 18.5 Å². The molecule has 21 heavy (non-hydrogen) atoms. The molecule has 0 amide bonds. The lowest BCUT2D eigenvalue weighted by Gasteiger charge is -2.07. The smallest absolute Gasteiger partial charge is 0.258 e. The van der Waals surface area contributed by atoms with Gasteiger partial charge in [0.25, 0.3) is 10.0 Å². The van der Waals surface area contributed by atoms with E-state index in [0.29, 0.717) is 5.56 Å². The van der Waals surface area contributed by atoms with E-state index in [-0.39, 0.29) is 23.7 Å². The number of aliphatic hydroxyl groups excluding tert-OH is 1. The van der Waals surface area contributed by atoms with Crippen molar-refractivity contribution in [3.8, 4) is 0 Å². The van der Waals surface area contributed by atoms with Gasteiger partial charge in [0.2, 0.25) is 0 Å². The van der Waals surface area contributed by atoms with Gasteiger partial charge in [0.15, 0.2) is 16.7 Å². The Morgan fingerprint density at radius 2 is 1.81 bits per heavy atom. The molecule has 0 atom stereocenters. The van der Waals surface area contributed by atoms with Gasteiger partial charge >= 0.3 is 0 Å². The quantitative estimate of drug-likeness (QED) is 0.872. The number of rotatable bonds is 5. The van der Waals surface area contributed by atoms with Crippen molar-refractivity contribution >= 4 is 10.0 Å². The average molecular weight is 314 g/mol. The SMILES string of the molecule is O=S(=O)(NCc1ccc(F)c(F)c1)c1ccc(CO)cn1. The van der Waals surface area contributed by atoms with E-state index < -0.39 is 21.7 Å². The van der Waals surface area contributed by atoms with Gasteiger partial charge in [-0.3, -0.25) is 0 Å². The van der Waals surface area contributed by atoms with Gasteiger partial charge < -0.3 is 5.11 Å². The minimum absolute atomic E-state index is 0.192. The van der Waals surface area contributed by atoms with Crippen molar-refractivity contribution in [3.05, 3.63) is 59.3 Å². The molecule has 0 aliphatic heterocycles. The van der Waals surface area contributed by atoms with Crippen LogP contribution in [0.5, 0.6) is 0 Å². The Kier molecular flexibility index (Phi) is 4.61. The van der Waals surface area contributed by atoms with Crippen LogP contribution in [0, 0.1) is 11.6 Å². The second-order valence-electron chi connectivity index (χ2n) is 4.24. The number of hydrogen-bond donors (Lipinski definition) is 2. The van der Waals surface area contributed by atoms with Crippen LogP contribution in [0.25, 0.3) is 0 Å². The third kappa shape index (κ3) is 3.81. The topological polar surface area (TPSA) is 79.3 Å². The normalized spacial score (nSPS) is 11.6. The van der Waals surface area contributed by atoms with Gasteiger partial charge in [0, 0.05) is 12.7 Å². The van der Waals surface area contributed by atoms with E-state index in [9.17, 15) is 17.2 Å². The predicted octanol–water partition coefficient (Wildman–Crippen LogP) is 1.33. The second-order valence-corrected chi connectivity index (χ2v) is 5.95. The molecule has 0 spiro atoms. The van der Waals surface area contributed by atoms with Gasteiger partial charge in [-0.1, -0.05) is 12.1 Å². The molecule has 2 aromatic rings. The molecule has 0 radical (unpaired) electrons. The largest absolute Gasteiger partial charge is 0.392 e. The van der Waals surface area contributed by atoms with E-state index in [4.69, 9.17) is 5.11 Å². The van der Waals surface area contributed by atoms with Gasteiger partial charge in [-0.2, -0.15) is 0 Å². The van der Waals surface area contributed by atoms with Crippen LogP contribution in [0.2, 0.25) is 0 Å². The van der Waals surface area contributed by atoms with E-state index >= 15 is 0 Å². The molecule has 0 saturated carbocycles. The minimum Gasteiger partial charge on any atom is -0.392 e. The second kappa shape index (κ2) is 6.25. The Labute approximate surface area is 120 Å². The lowest BCUT2D eigenvalue weighted by molar-refractivity contribution is 0.281. The van der Waals surface area contributed by atoms with Crippen LogP contribution >= 0.6 is 0 Å². The maximum absolute atomic E-state index is 13.0. The van der Waals surface area contributed by atoms with Crippen molar-refractivity contribution < 1.29 is 22.3 Å². The number of sulfonamides is 1. The number of nitrogens with zero attached hydrogens (tertiary/aromatic N) is 1. The fourth-order valence-corrected chi connectivity index (χ4v) is 2.51. The molecule has 0 saturated heterocycles. The standard InChI is InChI=1S/C13H12F2N2O3S/c14-11-3-1-9(5-12(11)15)7-17-21(19,20)13-4-2-10(8-18)6-16-13/h1-6,17-18H,7-8H2. The van der Waals surface area contributed by atoms with Crippen LogP contribution in [0.4, 0.5) is 8.78 Å². The highest BCUT2D eigenvalue weighted by Crippen LogP contribution is 2.11. The summed E-state index contributed by atoms with van der Waals surface area (Å²) in [4.78, 5) is 3.72. The highest BCUT2D eigenvalue weighted by molar-refractivity contribution is 7.89. The third-order valence-electron chi connectivity index (χ3n) is 2.71. The monoisotopic (exact) mass is 314 g/mol. The first-order chi connectivity index (χ1) is 9.92. The molecule has 0 bridgehead atoms. The number of nitrogens with one attached hydrogen (secondary N) is 1. The molecule has 0 aliphatic rings. The molecule has 2 N–H and O–H groups in total. The summed E-state index contributed by atoms with van der Waals surface area (Å²) < 4.78 is 51.9. The van der Waals surface area contributed by atoms with Gasteiger partial charge in [-0.15, -0.1) is 0 Å². The number of benzene rings is 1. The molecule has 0 unspecified atom stereocenters. The first kappa shape index (κ1) is 15.5. The number of halogens is 2. The van der Waals surface area contributed by atoms with Gasteiger partial charge in [0.1, 0.15) is 0 Å². The number of aromatic nitrogens is 1. The van der Waals surface area contributed by atoms with Crippen molar-refractivity contribution in [1.82, 2.24) is 9.71 Å². The molecule has 0 aliphatic carbocycles. The fraction of sp³-hybridized carbons (Fsp3) is 0.154. The zero-order valence-corrected chi connectivity index (χ0v) is 11.6. The van der Waals surface area contributed by atoms with Crippen molar-refractivity contribution in [2.45, 2.75) is 18.2 Å². The summed E-state index contributed by atoms with van der Waals surface area (Å²) >= 11 is 0. The molecule has 112 valence electrons. The fourth-order valence-electron chi connectivity index (χ4n) is 1.57. The Balaban J connectivity index is 2.11. The van der Waals surface area contributed by atoms with E-state index in [1.165, 1.54) is 24.4 Å². The summed E-state index contributed by atoms with van der Waals surface area (Å²) in [5.74, 6) is -2.04. The molecule has 1 aromatic carbocycles. The summed E-state index contributed by atoms with van der Waals surface area (Å²) in [5.41, 5.74) is 0.763. The average Bonchev–Trinajstić information content (AvgIpc) is 2.48. The van der Waals surface area contributed by atoms with E-state index in [2.05, 4.69) is 9.71 Å². The van der Waals surface area contributed by atoms with Crippen LogP contribution in [-0.2, 0) is 23.2 Å². The lowest BCUT2D eigenvalue weighted by Crippen LogP contribution is -2.24. The van der Waals surface area contributed by atoms with Crippen molar-refractivity contribution in [1.29, 1.82) is 0 Å². The predicted molar refractivity (Wildman–Crippen MR) is 70.5 cm³/mol. The number of pyridine rings is 1. The Hall–Kier alpha value is -1.90. The van der Waals surface area contributed by atoms with Gasteiger partial charge in [-0.25, -0.2) is 26.9 Å². The summed E-state index contributed by atoms with van der Waals surface area (Å²) in [5, 5.41) is 8.64. The van der Waals surface area contributed by atoms with E-state index in [1.807, 2.05) is 0 Å². The molecule has 2 rings (SSSR count). The minimum atomic E-state index is -3.87.